The molecule has 105 heavy (non-hydrogen) atoms. The highest BCUT2D eigenvalue weighted by atomic mass is 16.8. The van der Waals surface area contributed by atoms with Gasteiger partial charge >= 0.3 is 5.97 Å². The van der Waals surface area contributed by atoms with E-state index in [1.54, 1.807) is 6.92 Å². The van der Waals surface area contributed by atoms with Gasteiger partial charge in [-0.1, -0.05) is 53.2 Å². The summed E-state index contributed by atoms with van der Waals surface area (Å²) in [7, 11) is 0. The quantitative estimate of drug-likeness (QED) is 0.0262. The lowest BCUT2D eigenvalue weighted by Gasteiger charge is -2.71. The van der Waals surface area contributed by atoms with E-state index in [1.165, 1.54) is 6.92 Å². The van der Waals surface area contributed by atoms with E-state index < -0.39 is 293 Å². The maximum atomic E-state index is 15.7. The number of carbonyl (C=O) groups excluding carboxylic acids is 2. The molecule has 12 aliphatic rings. The number of ether oxygens (including phenoxy) is 14. The van der Waals surface area contributed by atoms with Gasteiger partial charge in [-0.15, -0.1) is 0 Å². The fourth-order valence-corrected chi connectivity index (χ4v) is 20.0. The number of hydrogen-bond donors (Lipinski definition) is 20. The lowest BCUT2D eigenvalue weighted by Crippen LogP contribution is -2.69. The molecule has 20 N–H and O–H groups in total. The number of esters is 1. The molecule has 42 unspecified atom stereocenters. The Morgan fingerprint density at radius 2 is 0.971 bits per heavy atom. The van der Waals surface area contributed by atoms with E-state index in [0.29, 0.717) is 38.5 Å². The van der Waals surface area contributed by atoms with Gasteiger partial charge in [0, 0.05) is 0 Å². The molecule has 0 radical (unpaired) electrons. The molecule has 7 heterocycles. The third kappa shape index (κ3) is 14.2. The summed E-state index contributed by atoms with van der Waals surface area (Å²) in [5.41, 5.74) is -4.59. The second-order valence-electron chi connectivity index (χ2n) is 33.1. The number of rotatable bonds is 18. The lowest BCUT2D eigenvalue weighted by molar-refractivity contribution is -0.399. The molecule has 12 rings (SSSR count). The molecule has 0 aromatic rings. The van der Waals surface area contributed by atoms with E-state index >= 15 is 4.79 Å². The molecule has 7 aliphatic heterocycles. The molecule has 5 aliphatic carbocycles. The maximum Gasteiger partial charge on any atom is 0.317 e. The molecule has 7 saturated heterocycles. The van der Waals surface area contributed by atoms with Crippen molar-refractivity contribution in [3.05, 3.63) is 11.6 Å². The molecule has 0 aromatic carbocycles. The predicted octanol–water partition coefficient (Wildman–Crippen LogP) is -7.47. The first-order valence-corrected chi connectivity index (χ1v) is 36.6. The zero-order valence-electron chi connectivity index (χ0n) is 59.6. The summed E-state index contributed by atoms with van der Waals surface area (Å²) in [4.78, 5) is 29.9. The molecule has 36 nitrogen and oxygen atoms in total. The highest BCUT2D eigenvalue weighted by Crippen LogP contribution is 2.76. The second-order valence-corrected chi connectivity index (χ2v) is 33.1. The van der Waals surface area contributed by atoms with Crippen molar-refractivity contribution in [3.63, 3.8) is 0 Å². The van der Waals surface area contributed by atoms with Crippen LogP contribution in [0.15, 0.2) is 11.6 Å². The standard InChI is InChI=1S/C69H110O36/c1-25-51(100-57-50(90)52(30(76)23-93-57)101-56-46(86)38(78)28(74)21-92-56)45(85)49(89)58(95-25)103-54-39(79)29(75)22-94-61(54)105-63(91)69-15-14-64(2,3)16-27(69)26-8-9-35-65(4)12-11-37(66(5,24-73)34(65)10-13-67(35,6)68(26,7)17-36(69)77)99-62-55(104-60-48(88)44(84)41(81)32(19-71)97-60)53(42(82)33(20-72)98-62)102-59-47(87)43(83)40(80)31(18-70)96-59/h8,24-25,27-62,70-72,74-90H,9-23H2,1-7H3. The van der Waals surface area contributed by atoms with Gasteiger partial charge < -0.3 is 173 Å². The molecule has 36 heteroatoms. The highest BCUT2D eigenvalue weighted by Gasteiger charge is 2.73. The number of carbonyl (C=O) groups is 2. The maximum absolute atomic E-state index is 15.7. The second kappa shape index (κ2) is 31.2. The van der Waals surface area contributed by atoms with Gasteiger partial charge in [0.25, 0.3) is 0 Å². The normalized spacial score (nSPS) is 55.1. The Hall–Kier alpha value is -2.44. The van der Waals surface area contributed by atoms with Gasteiger partial charge in [-0.2, -0.15) is 0 Å². The van der Waals surface area contributed by atoms with Crippen LogP contribution in [0.4, 0.5) is 0 Å². The van der Waals surface area contributed by atoms with E-state index in [1.807, 2.05) is 0 Å². The summed E-state index contributed by atoms with van der Waals surface area (Å²) in [6, 6.07) is 0. The third-order valence-electron chi connectivity index (χ3n) is 26.5. The Balaban J connectivity index is 0.770. The van der Waals surface area contributed by atoms with Crippen LogP contribution >= 0.6 is 0 Å². The summed E-state index contributed by atoms with van der Waals surface area (Å²) in [6.07, 6.45) is -52.8. The first kappa shape index (κ1) is 82.0. The summed E-state index contributed by atoms with van der Waals surface area (Å²) in [5, 5.41) is 220. The topological polar surface area (TPSA) is 568 Å². The average Bonchev–Trinajstić information content (AvgIpc) is 0.670. The van der Waals surface area contributed by atoms with Crippen LogP contribution in [0, 0.1) is 50.2 Å². The van der Waals surface area contributed by atoms with Crippen molar-refractivity contribution in [3.8, 4) is 0 Å². The van der Waals surface area contributed by atoms with Gasteiger partial charge in [0.1, 0.15) is 152 Å². The van der Waals surface area contributed by atoms with E-state index in [0.717, 1.165) is 11.9 Å². The molecule has 4 saturated carbocycles. The fraction of sp³-hybridized carbons (Fsp3) is 0.942. The number of aliphatic hydroxyl groups excluding tert-OH is 20. The third-order valence-corrected chi connectivity index (χ3v) is 26.5. The van der Waals surface area contributed by atoms with Crippen LogP contribution in [0.3, 0.4) is 0 Å². The van der Waals surface area contributed by atoms with Crippen LogP contribution in [0.5, 0.6) is 0 Å². The van der Waals surface area contributed by atoms with E-state index in [-0.39, 0.29) is 30.6 Å². The van der Waals surface area contributed by atoms with Gasteiger partial charge in [-0.25, -0.2) is 0 Å². The van der Waals surface area contributed by atoms with Crippen molar-refractivity contribution in [2.75, 3.05) is 39.6 Å². The summed E-state index contributed by atoms with van der Waals surface area (Å²) < 4.78 is 83.8. The number of hydrogen-bond acceptors (Lipinski definition) is 36. The zero-order chi connectivity index (χ0) is 76.4. The predicted molar refractivity (Wildman–Crippen MR) is 343 cm³/mol. The van der Waals surface area contributed by atoms with Gasteiger partial charge in [0.05, 0.1) is 63.4 Å². The number of aliphatic hydroxyl groups is 20. The SMILES string of the molecule is CC1OC(OC2C(OC(=O)C34CCC(C)(C)CC3C3=CCC5C6(C)CCC(OC7OC(CO)C(O)C(OC8OC(CO)C(O)C(O)C8O)C7OC7OC(CO)C(O)C(O)C7O)C(C)(C=O)C6CCC5(C)C3(C)CC4O)OCC(O)C2O)C(O)C(O)C1OC1OCC(O)C(OC2OCC(O)C(O)C2O)C1O. The van der Waals surface area contributed by atoms with Crippen LogP contribution in [0.1, 0.15) is 106 Å². The van der Waals surface area contributed by atoms with Gasteiger partial charge in [-0.3, -0.25) is 4.79 Å². The number of aldehydes is 1. The molecular formula is C69H110O36. The summed E-state index contributed by atoms with van der Waals surface area (Å²) in [5.74, 6) is -2.18. The fourth-order valence-electron chi connectivity index (χ4n) is 20.0. The van der Waals surface area contributed by atoms with Crippen LogP contribution < -0.4 is 0 Å². The van der Waals surface area contributed by atoms with Crippen molar-refractivity contribution < 1.29 is 178 Å². The Kier molecular flexibility index (Phi) is 24.3. The molecule has 0 spiro atoms. The van der Waals surface area contributed by atoms with Crippen molar-refractivity contribution in [1.82, 2.24) is 0 Å². The monoisotopic (exact) mass is 1510 g/mol. The van der Waals surface area contributed by atoms with Crippen molar-refractivity contribution >= 4 is 12.3 Å². The van der Waals surface area contributed by atoms with E-state index in [2.05, 4.69) is 40.7 Å². The largest absolute Gasteiger partial charge is 0.432 e. The molecule has 42 atom stereocenters. The van der Waals surface area contributed by atoms with Crippen molar-refractivity contribution in [2.24, 2.45) is 50.2 Å². The smallest absolute Gasteiger partial charge is 0.317 e. The molecule has 0 bridgehead atoms. The first-order chi connectivity index (χ1) is 49.4. The van der Waals surface area contributed by atoms with Crippen LogP contribution in [0.25, 0.3) is 0 Å². The van der Waals surface area contributed by atoms with E-state index in [4.69, 9.17) is 66.3 Å². The number of fused-ring (bicyclic) bond motifs is 7. The minimum atomic E-state index is -2.04. The lowest BCUT2D eigenvalue weighted by atomic mass is 9.33. The Bertz CT molecular complexity index is 3010. The van der Waals surface area contributed by atoms with Crippen LogP contribution in [-0.2, 0) is 75.9 Å². The average molecular weight is 1520 g/mol. The Morgan fingerprint density at radius 3 is 1.58 bits per heavy atom. The Labute approximate surface area is 605 Å². The molecular weight excluding hydrogens is 1400 g/mol. The molecule has 11 fully saturated rings. The molecule has 0 aromatic heterocycles. The van der Waals surface area contributed by atoms with Crippen LogP contribution in [-0.4, -0.2) is 363 Å². The van der Waals surface area contributed by atoms with Crippen LogP contribution in [0.2, 0.25) is 0 Å². The highest BCUT2D eigenvalue weighted by molar-refractivity contribution is 5.80. The summed E-state index contributed by atoms with van der Waals surface area (Å²) in [6.45, 7) is 9.60. The van der Waals surface area contributed by atoms with Gasteiger partial charge in [0.15, 0.2) is 43.8 Å². The van der Waals surface area contributed by atoms with Crippen molar-refractivity contribution in [2.45, 2.75) is 315 Å². The first-order valence-electron chi connectivity index (χ1n) is 36.6. The minimum Gasteiger partial charge on any atom is -0.432 e. The van der Waals surface area contributed by atoms with Gasteiger partial charge in [0.2, 0.25) is 6.29 Å². The van der Waals surface area contributed by atoms with Gasteiger partial charge in [-0.05, 0) is 104 Å². The van der Waals surface area contributed by atoms with Crippen molar-refractivity contribution in [1.29, 1.82) is 0 Å². The molecule has 0 amide bonds. The van der Waals surface area contributed by atoms with E-state index in [9.17, 15) is 107 Å². The Morgan fingerprint density at radius 1 is 0.467 bits per heavy atom. The molecule has 602 valence electrons. The summed E-state index contributed by atoms with van der Waals surface area (Å²) >= 11 is 0. The minimum absolute atomic E-state index is 0.0622. The number of allylic oxidation sites excluding steroid dienone is 2. The zero-order valence-corrected chi connectivity index (χ0v) is 59.6.